The quantitative estimate of drug-likeness (QED) is 0.391. The van der Waals surface area contributed by atoms with Gasteiger partial charge in [-0.2, -0.15) is 13.2 Å². The number of hydrogen-bond acceptors (Lipinski definition) is 2. The van der Waals surface area contributed by atoms with Crippen molar-refractivity contribution < 1.29 is 18.0 Å². The van der Waals surface area contributed by atoms with Crippen LogP contribution >= 0.6 is 11.6 Å². The summed E-state index contributed by atoms with van der Waals surface area (Å²) in [7, 11) is 0. The first-order valence-electron chi connectivity index (χ1n) is 3.63. The number of nitrogens with zero attached hydrogens (tertiary/aromatic N) is 1. The lowest BCUT2D eigenvalue weighted by molar-refractivity contribution is -0.138. The second-order valence-electron chi connectivity index (χ2n) is 2.44. The highest BCUT2D eigenvalue weighted by molar-refractivity contribution is 6.29. The number of hydrogen-bond donors (Lipinski definition) is 0. The SMILES string of the molecule is O=CC#Cc1cc(Cl)ncc1C(F)(F)F. The fourth-order valence-corrected chi connectivity index (χ4v) is 1.02. The summed E-state index contributed by atoms with van der Waals surface area (Å²) >= 11 is 5.41. The minimum absolute atomic E-state index is 0.113. The van der Waals surface area contributed by atoms with E-state index in [2.05, 4.69) is 4.98 Å². The molecule has 1 heterocycles. The molecule has 0 atom stereocenters. The van der Waals surface area contributed by atoms with Gasteiger partial charge in [-0.15, -0.1) is 0 Å². The molecule has 6 heteroatoms. The van der Waals surface area contributed by atoms with Gasteiger partial charge in [-0.25, -0.2) is 4.98 Å². The van der Waals surface area contributed by atoms with Gasteiger partial charge in [-0.3, -0.25) is 4.79 Å². The number of rotatable bonds is 0. The van der Waals surface area contributed by atoms with Crippen LogP contribution in [0, 0.1) is 11.8 Å². The van der Waals surface area contributed by atoms with E-state index in [-0.39, 0.29) is 17.0 Å². The third-order valence-electron chi connectivity index (χ3n) is 1.44. The number of alkyl halides is 3. The second-order valence-corrected chi connectivity index (χ2v) is 2.82. The van der Waals surface area contributed by atoms with Crippen LogP contribution in [0.2, 0.25) is 5.15 Å². The fourth-order valence-electron chi connectivity index (χ4n) is 0.866. The van der Waals surface area contributed by atoms with Crippen molar-refractivity contribution in [2.75, 3.05) is 0 Å². The first kappa shape index (κ1) is 11.5. The van der Waals surface area contributed by atoms with Gasteiger partial charge in [0, 0.05) is 11.8 Å². The van der Waals surface area contributed by atoms with Crippen LogP contribution in [0.25, 0.3) is 0 Å². The van der Waals surface area contributed by atoms with E-state index in [0.717, 1.165) is 6.07 Å². The highest BCUT2D eigenvalue weighted by atomic mass is 35.5. The van der Waals surface area contributed by atoms with Crippen LogP contribution in [-0.2, 0) is 11.0 Å². The van der Waals surface area contributed by atoms with Gasteiger partial charge in [0.2, 0.25) is 0 Å². The van der Waals surface area contributed by atoms with Gasteiger partial charge in [0.25, 0.3) is 0 Å². The molecule has 0 aliphatic heterocycles. The average molecular weight is 234 g/mol. The van der Waals surface area contributed by atoms with Gasteiger partial charge in [-0.1, -0.05) is 17.5 Å². The van der Waals surface area contributed by atoms with Crippen LogP contribution in [0.3, 0.4) is 0 Å². The van der Waals surface area contributed by atoms with Crippen molar-refractivity contribution in [2.24, 2.45) is 0 Å². The van der Waals surface area contributed by atoms with Crippen molar-refractivity contribution in [1.82, 2.24) is 4.98 Å². The topological polar surface area (TPSA) is 30.0 Å². The van der Waals surface area contributed by atoms with Gasteiger partial charge in [0.15, 0.2) is 6.29 Å². The zero-order valence-corrected chi connectivity index (χ0v) is 7.86. The summed E-state index contributed by atoms with van der Waals surface area (Å²) < 4.78 is 37.1. The van der Waals surface area contributed by atoms with Crippen molar-refractivity contribution in [3.8, 4) is 11.8 Å². The van der Waals surface area contributed by atoms with Crippen LogP contribution in [0.5, 0.6) is 0 Å². The number of carbonyl (C=O) groups is 1. The molecule has 0 aromatic carbocycles. The van der Waals surface area contributed by atoms with Crippen molar-refractivity contribution in [1.29, 1.82) is 0 Å². The number of pyridine rings is 1. The molecule has 0 aliphatic carbocycles. The van der Waals surface area contributed by atoms with E-state index >= 15 is 0 Å². The smallest absolute Gasteiger partial charge is 0.289 e. The molecule has 1 aromatic heterocycles. The second kappa shape index (κ2) is 4.32. The molecule has 0 bridgehead atoms. The Morgan fingerprint density at radius 3 is 2.67 bits per heavy atom. The number of halogens is 4. The maximum atomic E-state index is 12.4. The number of carbonyl (C=O) groups excluding carboxylic acids is 1. The predicted octanol–water partition coefficient (Wildman–Crippen LogP) is 2.30. The largest absolute Gasteiger partial charge is 0.419 e. The monoisotopic (exact) mass is 233 g/mol. The zero-order valence-electron chi connectivity index (χ0n) is 7.10. The van der Waals surface area contributed by atoms with Gasteiger partial charge in [0.05, 0.1) is 5.56 Å². The summed E-state index contributed by atoms with van der Waals surface area (Å²) in [6, 6.07) is 0.959. The van der Waals surface area contributed by atoms with Gasteiger partial charge < -0.3 is 0 Å². The Morgan fingerprint density at radius 2 is 2.13 bits per heavy atom. The molecule has 0 aliphatic rings. The molecule has 0 saturated carbocycles. The normalized spacial score (nSPS) is 10.4. The molecular weight excluding hydrogens is 231 g/mol. The standard InChI is InChI=1S/C9H3ClF3NO/c10-8-4-6(2-1-3-15)7(5-14-8)9(11,12)13/h3-5H. The van der Waals surface area contributed by atoms with Crippen LogP contribution in [-0.4, -0.2) is 11.3 Å². The highest BCUT2D eigenvalue weighted by Gasteiger charge is 2.33. The van der Waals surface area contributed by atoms with Gasteiger partial charge >= 0.3 is 6.18 Å². The molecule has 15 heavy (non-hydrogen) atoms. The fraction of sp³-hybridized carbons (Fsp3) is 0.111. The third kappa shape index (κ3) is 2.96. The van der Waals surface area contributed by atoms with Crippen molar-refractivity contribution in [2.45, 2.75) is 6.18 Å². The summed E-state index contributed by atoms with van der Waals surface area (Å²) in [6.07, 6.45) is -3.78. The Balaban J connectivity index is 3.33. The molecule has 0 fully saturated rings. The molecule has 0 N–H and O–H groups in total. The van der Waals surface area contributed by atoms with E-state index in [1.165, 1.54) is 0 Å². The maximum Gasteiger partial charge on any atom is 0.419 e. The van der Waals surface area contributed by atoms with Crippen LogP contribution in [0.4, 0.5) is 13.2 Å². The Bertz CT molecular complexity index is 445. The zero-order chi connectivity index (χ0) is 11.5. The van der Waals surface area contributed by atoms with Gasteiger partial charge in [-0.05, 0) is 12.0 Å². The summed E-state index contributed by atoms with van der Waals surface area (Å²) in [6.45, 7) is 0. The average Bonchev–Trinajstić information content (AvgIpc) is 2.12. The molecule has 0 saturated heterocycles. The predicted molar refractivity (Wildman–Crippen MR) is 47.2 cm³/mol. The molecule has 1 rings (SSSR count). The number of aldehydes is 1. The van der Waals surface area contributed by atoms with E-state index in [4.69, 9.17) is 11.6 Å². The molecule has 0 radical (unpaired) electrons. The number of aromatic nitrogens is 1. The highest BCUT2D eigenvalue weighted by Crippen LogP contribution is 2.31. The summed E-state index contributed by atoms with van der Waals surface area (Å²) in [5.74, 6) is 3.94. The van der Waals surface area contributed by atoms with E-state index in [9.17, 15) is 18.0 Å². The lowest BCUT2D eigenvalue weighted by atomic mass is 10.1. The molecular formula is C9H3ClF3NO. The van der Waals surface area contributed by atoms with Crippen molar-refractivity contribution >= 4 is 17.9 Å². The van der Waals surface area contributed by atoms with E-state index in [1.54, 1.807) is 0 Å². The van der Waals surface area contributed by atoms with Crippen LogP contribution in [0.15, 0.2) is 12.3 Å². The molecule has 0 unspecified atom stereocenters. The molecule has 2 nitrogen and oxygen atoms in total. The lowest BCUT2D eigenvalue weighted by Gasteiger charge is -2.07. The Hall–Kier alpha value is -1.54. The van der Waals surface area contributed by atoms with Crippen LogP contribution < -0.4 is 0 Å². The first-order chi connectivity index (χ1) is 6.95. The minimum atomic E-state index is -4.56. The molecule has 1 aromatic rings. The van der Waals surface area contributed by atoms with Crippen LogP contribution in [0.1, 0.15) is 11.1 Å². The van der Waals surface area contributed by atoms with Crippen molar-refractivity contribution in [3.05, 3.63) is 28.5 Å². The molecule has 78 valence electrons. The summed E-state index contributed by atoms with van der Waals surface area (Å²) in [4.78, 5) is 13.2. The molecule has 0 spiro atoms. The minimum Gasteiger partial charge on any atom is -0.289 e. The lowest BCUT2D eigenvalue weighted by Crippen LogP contribution is -2.08. The van der Waals surface area contributed by atoms with E-state index < -0.39 is 11.7 Å². The maximum absolute atomic E-state index is 12.4. The molecule has 0 amide bonds. The van der Waals surface area contributed by atoms with E-state index in [1.807, 2.05) is 11.8 Å². The first-order valence-corrected chi connectivity index (χ1v) is 4.01. The van der Waals surface area contributed by atoms with Crippen molar-refractivity contribution in [3.63, 3.8) is 0 Å². The Morgan fingerprint density at radius 1 is 1.47 bits per heavy atom. The Labute approximate surface area is 88.1 Å². The summed E-state index contributed by atoms with van der Waals surface area (Å²) in [5, 5.41) is -0.113. The third-order valence-corrected chi connectivity index (χ3v) is 1.65. The summed E-state index contributed by atoms with van der Waals surface area (Å²) in [5.41, 5.74) is -1.38. The van der Waals surface area contributed by atoms with E-state index in [0.29, 0.717) is 6.20 Å². The Kier molecular flexibility index (Phi) is 3.32. The van der Waals surface area contributed by atoms with Gasteiger partial charge in [0.1, 0.15) is 5.15 Å².